The average Bonchev–Trinajstić information content (AvgIpc) is 2.64. The van der Waals surface area contributed by atoms with Gasteiger partial charge in [0.2, 0.25) is 0 Å². The topological polar surface area (TPSA) is 21.3 Å². The van der Waals surface area contributed by atoms with Gasteiger partial charge in [0.1, 0.15) is 24.0 Å². The SMILES string of the molecule is Fc1ccc(CNCc2cc(Cl)ccc2OCc2ccc(F)cc2Cl)cc1. The van der Waals surface area contributed by atoms with Crippen molar-refractivity contribution in [3.63, 3.8) is 0 Å². The molecule has 0 heterocycles. The lowest BCUT2D eigenvalue weighted by Crippen LogP contribution is -2.13. The first-order valence-corrected chi connectivity index (χ1v) is 9.07. The molecule has 0 fully saturated rings. The molecular formula is C21H17Cl2F2NO. The predicted octanol–water partition coefficient (Wildman–Crippen LogP) is 6.14. The molecule has 3 rings (SSSR count). The van der Waals surface area contributed by atoms with Gasteiger partial charge < -0.3 is 10.1 Å². The van der Waals surface area contributed by atoms with E-state index in [1.807, 2.05) is 6.07 Å². The molecule has 140 valence electrons. The maximum absolute atomic E-state index is 13.2. The molecule has 1 N–H and O–H groups in total. The summed E-state index contributed by atoms with van der Waals surface area (Å²) in [4.78, 5) is 0. The van der Waals surface area contributed by atoms with Gasteiger partial charge in [-0.2, -0.15) is 0 Å². The molecule has 0 amide bonds. The predicted molar refractivity (Wildman–Crippen MR) is 104 cm³/mol. The van der Waals surface area contributed by atoms with Crippen LogP contribution in [0.2, 0.25) is 10.0 Å². The summed E-state index contributed by atoms with van der Waals surface area (Å²) in [6, 6.07) is 15.9. The number of rotatable bonds is 7. The fraction of sp³-hybridized carbons (Fsp3) is 0.143. The molecule has 2 nitrogen and oxygen atoms in total. The molecular weight excluding hydrogens is 391 g/mol. The van der Waals surface area contributed by atoms with Gasteiger partial charge in [0, 0.05) is 29.2 Å². The third-order valence-electron chi connectivity index (χ3n) is 3.98. The molecule has 0 saturated heterocycles. The van der Waals surface area contributed by atoms with Crippen molar-refractivity contribution < 1.29 is 13.5 Å². The molecule has 3 aromatic rings. The fourth-order valence-corrected chi connectivity index (χ4v) is 2.98. The fourth-order valence-electron chi connectivity index (χ4n) is 2.56. The van der Waals surface area contributed by atoms with Crippen LogP contribution in [0.5, 0.6) is 5.75 Å². The van der Waals surface area contributed by atoms with Gasteiger partial charge >= 0.3 is 0 Å². The zero-order valence-corrected chi connectivity index (χ0v) is 15.8. The first-order valence-electron chi connectivity index (χ1n) is 8.31. The summed E-state index contributed by atoms with van der Waals surface area (Å²) >= 11 is 12.1. The van der Waals surface area contributed by atoms with E-state index in [0.29, 0.717) is 34.4 Å². The van der Waals surface area contributed by atoms with Gasteiger partial charge in [-0.1, -0.05) is 41.4 Å². The molecule has 0 atom stereocenters. The van der Waals surface area contributed by atoms with Gasteiger partial charge in [0.25, 0.3) is 0 Å². The van der Waals surface area contributed by atoms with Gasteiger partial charge in [-0.15, -0.1) is 0 Å². The number of hydrogen-bond donors (Lipinski definition) is 1. The lowest BCUT2D eigenvalue weighted by atomic mass is 10.1. The van der Waals surface area contributed by atoms with Crippen LogP contribution in [-0.2, 0) is 19.7 Å². The smallest absolute Gasteiger partial charge is 0.124 e. The third-order valence-corrected chi connectivity index (χ3v) is 4.57. The number of ether oxygens (including phenoxy) is 1. The molecule has 0 spiro atoms. The lowest BCUT2D eigenvalue weighted by Gasteiger charge is -2.14. The minimum absolute atomic E-state index is 0.214. The Kier molecular flexibility index (Phi) is 6.67. The van der Waals surface area contributed by atoms with E-state index < -0.39 is 0 Å². The van der Waals surface area contributed by atoms with Crippen LogP contribution >= 0.6 is 23.2 Å². The molecule has 6 heteroatoms. The summed E-state index contributed by atoms with van der Waals surface area (Å²) in [6.07, 6.45) is 0. The second-order valence-corrected chi connectivity index (χ2v) is 6.85. The Morgan fingerprint density at radius 3 is 2.26 bits per heavy atom. The van der Waals surface area contributed by atoms with Crippen LogP contribution in [0.4, 0.5) is 8.78 Å². The van der Waals surface area contributed by atoms with Gasteiger partial charge in [0.15, 0.2) is 0 Å². The maximum atomic E-state index is 13.2. The summed E-state index contributed by atoms with van der Waals surface area (Å²) in [5.41, 5.74) is 2.54. The zero-order valence-electron chi connectivity index (χ0n) is 14.3. The Morgan fingerprint density at radius 1 is 0.778 bits per heavy atom. The van der Waals surface area contributed by atoms with Crippen molar-refractivity contribution in [1.82, 2.24) is 5.32 Å². The minimum atomic E-state index is -0.388. The Labute approximate surface area is 166 Å². The highest BCUT2D eigenvalue weighted by atomic mass is 35.5. The molecule has 0 saturated carbocycles. The van der Waals surface area contributed by atoms with Crippen LogP contribution in [0.3, 0.4) is 0 Å². The van der Waals surface area contributed by atoms with E-state index in [1.165, 1.54) is 24.3 Å². The van der Waals surface area contributed by atoms with Crippen LogP contribution in [0.25, 0.3) is 0 Å². The first kappa shape index (κ1) is 19.6. The highest BCUT2D eigenvalue weighted by Crippen LogP contribution is 2.25. The van der Waals surface area contributed by atoms with Crippen molar-refractivity contribution >= 4 is 23.2 Å². The quantitative estimate of drug-likeness (QED) is 0.507. The normalized spacial score (nSPS) is 10.8. The lowest BCUT2D eigenvalue weighted by molar-refractivity contribution is 0.302. The van der Waals surface area contributed by atoms with Crippen LogP contribution < -0.4 is 10.1 Å². The van der Waals surface area contributed by atoms with Gasteiger partial charge in [-0.3, -0.25) is 0 Å². The van der Waals surface area contributed by atoms with E-state index in [2.05, 4.69) is 5.32 Å². The van der Waals surface area contributed by atoms with Crippen molar-refractivity contribution in [3.05, 3.63) is 99.0 Å². The monoisotopic (exact) mass is 407 g/mol. The number of hydrogen-bond acceptors (Lipinski definition) is 2. The first-order chi connectivity index (χ1) is 13.0. The maximum Gasteiger partial charge on any atom is 0.124 e. The Hall–Kier alpha value is -2.14. The molecule has 0 aromatic heterocycles. The Balaban J connectivity index is 1.64. The molecule has 0 aliphatic carbocycles. The summed E-state index contributed by atoms with van der Waals surface area (Å²) in [5, 5.41) is 4.20. The average molecular weight is 408 g/mol. The van der Waals surface area contributed by atoms with E-state index in [1.54, 1.807) is 30.3 Å². The standard InChI is InChI=1S/C21H17Cl2F2NO/c22-17-4-8-21(27-13-15-3-7-19(25)10-20(15)23)16(9-17)12-26-11-14-1-5-18(24)6-2-14/h1-10,26H,11-13H2. The zero-order chi connectivity index (χ0) is 19.2. The third kappa shape index (κ3) is 5.67. The van der Waals surface area contributed by atoms with Gasteiger partial charge in [-0.05, 0) is 48.0 Å². The summed E-state index contributed by atoms with van der Waals surface area (Å²) in [7, 11) is 0. The Morgan fingerprint density at radius 2 is 1.52 bits per heavy atom. The van der Waals surface area contributed by atoms with Crippen molar-refractivity contribution in [3.8, 4) is 5.75 Å². The van der Waals surface area contributed by atoms with E-state index in [4.69, 9.17) is 27.9 Å². The van der Waals surface area contributed by atoms with Crippen molar-refractivity contribution in [1.29, 1.82) is 0 Å². The molecule has 27 heavy (non-hydrogen) atoms. The number of halogens is 4. The highest BCUT2D eigenvalue weighted by Gasteiger charge is 2.08. The summed E-state index contributed by atoms with van der Waals surface area (Å²) < 4.78 is 32.0. The summed E-state index contributed by atoms with van der Waals surface area (Å²) in [5.74, 6) is 0.0102. The summed E-state index contributed by atoms with van der Waals surface area (Å²) in [6.45, 7) is 1.31. The largest absolute Gasteiger partial charge is 0.489 e. The highest BCUT2D eigenvalue weighted by molar-refractivity contribution is 6.31. The van der Waals surface area contributed by atoms with E-state index in [-0.39, 0.29) is 18.2 Å². The molecule has 0 aliphatic heterocycles. The van der Waals surface area contributed by atoms with Crippen LogP contribution in [-0.4, -0.2) is 0 Å². The van der Waals surface area contributed by atoms with Gasteiger partial charge in [-0.25, -0.2) is 8.78 Å². The van der Waals surface area contributed by atoms with Crippen molar-refractivity contribution in [2.75, 3.05) is 0 Å². The Bertz CT molecular complexity index is 917. The number of benzene rings is 3. The van der Waals surface area contributed by atoms with E-state index >= 15 is 0 Å². The molecule has 0 aliphatic rings. The minimum Gasteiger partial charge on any atom is -0.489 e. The molecule has 0 radical (unpaired) electrons. The second kappa shape index (κ2) is 9.18. The van der Waals surface area contributed by atoms with E-state index in [9.17, 15) is 8.78 Å². The van der Waals surface area contributed by atoms with Crippen LogP contribution in [0.1, 0.15) is 16.7 Å². The number of nitrogens with one attached hydrogen (secondary N) is 1. The molecule has 3 aromatic carbocycles. The molecule has 0 unspecified atom stereocenters. The van der Waals surface area contributed by atoms with Crippen LogP contribution in [0.15, 0.2) is 60.7 Å². The van der Waals surface area contributed by atoms with Gasteiger partial charge in [0.05, 0.1) is 5.02 Å². The van der Waals surface area contributed by atoms with Crippen LogP contribution in [0, 0.1) is 11.6 Å². The second-order valence-electron chi connectivity index (χ2n) is 6.01. The van der Waals surface area contributed by atoms with Crippen molar-refractivity contribution in [2.45, 2.75) is 19.7 Å². The van der Waals surface area contributed by atoms with Crippen molar-refractivity contribution in [2.24, 2.45) is 0 Å². The molecule has 0 bridgehead atoms. The van der Waals surface area contributed by atoms with E-state index in [0.717, 1.165) is 11.1 Å².